The van der Waals surface area contributed by atoms with Crippen LogP contribution in [0.15, 0.2) is 18.5 Å². The molecule has 88 valence electrons. The van der Waals surface area contributed by atoms with Gasteiger partial charge in [0.2, 0.25) is 0 Å². The molecular formula is C11H18N4O. The van der Waals surface area contributed by atoms with Crippen LogP contribution in [0.5, 0.6) is 0 Å². The van der Waals surface area contributed by atoms with Crippen molar-refractivity contribution < 1.29 is 4.79 Å². The molecule has 0 aliphatic rings. The molecule has 1 heterocycles. The first-order valence-electron chi connectivity index (χ1n) is 5.44. The minimum absolute atomic E-state index is 0.0142. The van der Waals surface area contributed by atoms with Crippen molar-refractivity contribution in [2.24, 2.45) is 5.84 Å². The molecule has 1 aromatic heterocycles. The Kier molecular flexibility index (Phi) is 4.72. The van der Waals surface area contributed by atoms with Gasteiger partial charge < -0.3 is 10.3 Å². The van der Waals surface area contributed by atoms with Crippen molar-refractivity contribution in [3.05, 3.63) is 24.0 Å². The van der Waals surface area contributed by atoms with Crippen molar-refractivity contribution in [2.45, 2.75) is 20.3 Å². The molecule has 0 atom stereocenters. The summed E-state index contributed by atoms with van der Waals surface area (Å²) in [4.78, 5) is 17.9. The first-order valence-corrected chi connectivity index (χ1v) is 5.44. The number of hydrazine groups is 1. The van der Waals surface area contributed by atoms with E-state index < -0.39 is 0 Å². The van der Waals surface area contributed by atoms with Crippen molar-refractivity contribution in [1.29, 1.82) is 0 Å². The number of pyridine rings is 1. The van der Waals surface area contributed by atoms with Gasteiger partial charge >= 0.3 is 0 Å². The predicted octanol–water partition coefficient (Wildman–Crippen LogP) is 1.24. The minimum Gasteiger partial charge on any atom is -0.339 e. The van der Waals surface area contributed by atoms with E-state index in [4.69, 9.17) is 5.84 Å². The Morgan fingerprint density at radius 3 is 2.88 bits per heavy atom. The van der Waals surface area contributed by atoms with Crippen molar-refractivity contribution in [1.82, 2.24) is 9.88 Å². The molecule has 16 heavy (non-hydrogen) atoms. The molecule has 0 bridgehead atoms. The standard InChI is InChI=1S/C11H18N4O/c1-3-7-15(4-2)11(16)9-5-6-13-8-10(9)14-12/h5-6,8,14H,3-4,7,12H2,1-2H3. The number of hydrogen-bond donors (Lipinski definition) is 2. The topological polar surface area (TPSA) is 71.2 Å². The number of nitrogens with two attached hydrogens (primary N) is 1. The Bertz CT molecular complexity index is 354. The molecule has 5 heteroatoms. The second kappa shape index (κ2) is 6.07. The van der Waals surface area contributed by atoms with E-state index in [2.05, 4.69) is 10.4 Å². The average molecular weight is 222 g/mol. The van der Waals surface area contributed by atoms with Gasteiger partial charge in [0.05, 0.1) is 17.4 Å². The van der Waals surface area contributed by atoms with Gasteiger partial charge in [-0.05, 0) is 19.4 Å². The number of nitrogens with one attached hydrogen (secondary N) is 1. The molecule has 0 aliphatic heterocycles. The monoisotopic (exact) mass is 222 g/mol. The number of aromatic nitrogens is 1. The molecule has 0 radical (unpaired) electrons. The zero-order chi connectivity index (χ0) is 12.0. The fourth-order valence-electron chi connectivity index (χ4n) is 1.54. The Morgan fingerprint density at radius 2 is 2.31 bits per heavy atom. The Balaban J connectivity index is 2.93. The molecular weight excluding hydrogens is 204 g/mol. The van der Waals surface area contributed by atoms with Gasteiger partial charge in [-0.3, -0.25) is 15.6 Å². The lowest BCUT2D eigenvalue weighted by atomic mass is 10.2. The van der Waals surface area contributed by atoms with Gasteiger partial charge in [-0.25, -0.2) is 0 Å². The summed E-state index contributed by atoms with van der Waals surface area (Å²) in [7, 11) is 0. The quantitative estimate of drug-likeness (QED) is 0.581. The van der Waals surface area contributed by atoms with Crippen LogP contribution in [0.1, 0.15) is 30.6 Å². The number of carbonyl (C=O) groups excluding carboxylic acids is 1. The maximum atomic E-state index is 12.1. The number of anilines is 1. The Hall–Kier alpha value is -1.62. The van der Waals surface area contributed by atoms with Crippen LogP contribution in [0, 0.1) is 0 Å². The normalized spacial score (nSPS) is 9.94. The van der Waals surface area contributed by atoms with Gasteiger partial charge in [0.25, 0.3) is 5.91 Å². The van der Waals surface area contributed by atoms with Crippen molar-refractivity contribution in [3.8, 4) is 0 Å². The first kappa shape index (κ1) is 12.4. The lowest BCUT2D eigenvalue weighted by Gasteiger charge is -2.21. The van der Waals surface area contributed by atoms with Crippen LogP contribution in [-0.4, -0.2) is 28.9 Å². The average Bonchev–Trinajstić information content (AvgIpc) is 2.35. The molecule has 3 N–H and O–H groups in total. The third kappa shape index (κ3) is 2.70. The maximum absolute atomic E-state index is 12.1. The van der Waals surface area contributed by atoms with Crippen LogP contribution in [0.4, 0.5) is 5.69 Å². The third-order valence-electron chi connectivity index (χ3n) is 2.37. The smallest absolute Gasteiger partial charge is 0.256 e. The fraction of sp³-hybridized carbons (Fsp3) is 0.455. The molecule has 0 spiro atoms. The highest BCUT2D eigenvalue weighted by Gasteiger charge is 2.16. The highest BCUT2D eigenvalue weighted by molar-refractivity contribution is 5.99. The summed E-state index contributed by atoms with van der Waals surface area (Å²) in [6.45, 7) is 5.45. The number of rotatable bonds is 5. The molecule has 0 saturated heterocycles. The molecule has 0 fully saturated rings. The molecule has 1 aromatic rings. The van der Waals surface area contributed by atoms with Gasteiger partial charge in [0.1, 0.15) is 0 Å². The molecule has 0 saturated carbocycles. The number of nitrogen functional groups attached to an aromatic ring is 1. The number of nitrogens with zero attached hydrogens (tertiary/aromatic N) is 2. The van der Waals surface area contributed by atoms with Crippen molar-refractivity contribution in [3.63, 3.8) is 0 Å². The summed E-state index contributed by atoms with van der Waals surface area (Å²) in [5, 5.41) is 0. The van der Waals surface area contributed by atoms with E-state index >= 15 is 0 Å². The van der Waals surface area contributed by atoms with Gasteiger partial charge in [0, 0.05) is 19.3 Å². The molecule has 0 aromatic carbocycles. The summed E-state index contributed by atoms with van der Waals surface area (Å²) >= 11 is 0. The zero-order valence-electron chi connectivity index (χ0n) is 9.73. The summed E-state index contributed by atoms with van der Waals surface area (Å²) in [6, 6.07) is 1.68. The highest BCUT2D eigenvalue weighted by atomic mass is 16.2. The lowest BCUT2D eigenvalue weighted by Crippen LogP contribution is -2.32. The van der Waals surface area contributed by atoms with Crippen LogP contribution in [0.25, 0.3) is 0 Å². The van der Waals surface area contributed by atoms with E-state index in [0.29, 0.717) is 17.8 Å². The summed E-state index contributed by atoms with van der Waals surface area (Å²) in [6.07, 6.45) is 4.08. The van der Waals surface area contributed by atoms with E-state index in [9.17, 15) is 4.79 Å². The summed E-state index contributed by atoms with van der Waals surface area (Å²) in [5.74, 6) is 5.33. The summed E-state index contributed by atoms with van der Waals surface area (Å²) in [5.41, 5.74) is 3.61. The Labute approximate surface area is 95.6 Å². The second-order valence-corrected chi connectivity index (χ2v) is 3.45. The molecule has 1 amide bonds. The predicted molar refractivity (Wildman–Crippen MR) is 63.9 cm³/mol. The number of amides is 1. The van der Waals surface area contributed by atoms with Crippen LogP contribution in [0.3, 0.4) is 0 Å². The molecule has 1 rings (SSSR count). The van der Waals surface area contributed by atoms with Crippen LogP contribution < -0.4 is 11.3 Å². The Morgan fingerprint density at radius 1 is 1.56 bits per heavy atom. The SMILES string of the molecule is CCCN(CC)C(=O)c1ccncc1NN. The van der Waals surface area contributed by atoms with E-state index in [1.165, 1.54) is 0 Å². The van der Waals surface area contributed by atoms with Crippen LogP contribution in [-0.2, 0) is 0 Å². The lowest BCUT2D eigenvalue weighted by molar-refractivity contribution is 0.0765. The van der Waals surface area contributed by atoms with Crippen molar-refractivity contribution in [2.75, 3.05) is 18.5 Å². The number of hydrogen-bond acceptors (Lipinski definition) is 4. The highest BCUT2D eigenvalue weighted by Crippen LogP contribution is 2.14. The first-order chi connectivity index (χ1) is 7.74. The van der Waals surface area contributed by atoms with Gasteiger partial charge in [0.15, 0.2) is 0 Å². The second-order valence-electron chi connectivity index (χ2n) is 3.45. The van der Waals surface area contributed by atoms with Crippen LogP contribution >= 0.6 is 0 Å². The largest absolute Gasteiger partial charge is 0.339 e. The summed E-state index contributed by atoms with van der Waals surface area (Å²) < 4.78 is 0. The van der Waals surface area contributed by atoms with Crippen LogP contribution in [0.2, 0.25) is 0 Å². The number of carbonyl (C=O) groups is 1. The van der Waals surface area contributed by atoms with Gasteiger partial charge in [-0.2, -0.15) is 0 Å². The maximum Gasteiger partial charge on any atom is 0.256 e. The van der Waals surface area contributed by atoms with Gasteiger partial charge in [-0.15, -0.1) is 0 Å². The van der Waals surface area contributed by atoms with E-state index in [-0.39, 0.29) is 5.91 Å². The van der Waals surface area contributed by atoms with E-state index in [1.54, 1.807) is 23.4 Å². The molecule has 5 nitrogen and oxygen atoms in total. The minimum atomic E-state index is -0.0142. The molecule has 0 aliphatic carbocycles. The van der Waals surface area contributed by atoms with Gasteiger partial charge in [-0.1, -0.05) is 6.92 Å². The fourth-order valence-corrected chi connectivity index (χ4v) is 1.54. The van der Waals surface area contributed by atoms with E-state index in [1.807, 2.05) is 13.8 Å². The van der Waals surface area contributed by atoms with Crippen molar-refractivity contribution >= 4 is 11.6 Å². The third-order valence-corrected chi connectivity index (χ3v) is 2.37. The molecule has 0 unspecified atom stereocenters. The van der Waals surface area contributed by atoms with E-state index in [0.717, 1.165) is 13.0 Å². The zero-order valence-corrected chi connectivity index (χ0v) is 9.73.